The molecule has 1 aromatic rings. The van der Waals surface area contributed by atoms with Crippen LogP contribution in [0, 0.1) is 17.7 Å². The molecule has 0 aliphatic heterocycles. The van der Waals surface area contributed by atoms with Crippen LogP contribution in [0.4, 0.5) is 4.39 Å². The summed E-state index contributed by atoms with van der Waals surface area (Å²) in [6.07, 6.45) is 0. The van der Waals surface area contributed by atoms with E-state index >= 15 is 0 Å². The second-order valence-corrected chi connectivity index (χ2v) is 5.66. The first-order valence-corrected chi connectivity index (χ1v) is 6.97. The number of methoxy groups -OCH3 is 1. The Morgan fingerprint density at radius 1 is 1.47 bits per heavy atom. The molecule has 1 unspecified atom stereocenters. The van der Waals surface area contributed by atoms with E-state index in [2.05, 4.69) is 21.2 Å². The van der Waals surface area contributed by atoms with Gasteiger partial charge in [0.1, 0.15) is 5.82 Å². The van der Waals surface area contributed by atoms with Gasteiger partial charge in [-0.1, -0.05) is 29.8 Å². The highest BCUT2D eigenvalue weighted by atomic mass is 79.9. The minimum absolute atomic E-state index is 0.173. The molecule has 0 aliphatic rings. The molecule has 19 heavy (non-hydrogen) atoms. The summed E-state index contributed by atoms with van der Waals surface area (Å²) in [5.41, 5.74) is 0.571. The summed E-state index contributed by atoms with van der Waals surface area (Å²) in [6, 6.07) is 4.80. The Balaban J connectivity index is 2.57. The molecule has 0 saturated carbocycles. The smallest absolute Gasteiger partial charge is 0.310 e. The minimum Gasteiger partial charge on any atom is -0.469 e. The number of esters is 1. The van der Waals surface area contributed by atoms with Crippen molar-refractivity contribution in [3.05, 3.63) is 34.1 Å². The van der Waals surface area contributed by atoms with E-state index in [1.807, 2.05) is 13.8 Å². The van der Waals surface area contributed by atoms with E-state index in [1.165, 1.54) is 13.2 Å². The molecule has 1 aromatic carbocycles. The number of nitrogens with one attached hydrogen (secondary N) is 1. The molecule has 1 atom stereocenters. The van der Waals surface area contributed by atoms with E-state index in [1.54, 1.807) is 12.1 Å². The Morgan fingerprint density at radius 2 is 2.16 bits per heavy atom. The summed E-state index contributed by atoms with van der Waals surface area (Å²) in [5, 5.41) is 3.10. The van der Waals surface area contributed by atoms with Gasteiger partial charge >= 0.3 is 5.97 Å². The average Bonchev–Trinajstić information content (AvgIpc) is 2.37. The molecule has 0 aromatic heterocycles. The van der Waals surface area contributed by atoms with Crippen LogP contribution in [-0.2, 0) is 16.1 Å². The average molecular weight is 332 g/mol. The molecule has 0 fully saturated rings. The highest BCUT2D eigenvalue weighted by molar-refractivity contribution is 9.10. The third kappa shape index (κ3) is 4.91. The normalized spacial score (nSPS) is 12.5. The van der Waals surface area contributed by atoms with Gasteiger partial charge in [-0.2, -0.15) is 0 Å². The van der Waals surface area contributed by atoms with Crippen LogP contribution in [0.5, 0.6) is 0 Å². The first-order valence-electron chi connectivity index (χ1n) is 6.18. The predicted molar refractivity (Wildman–Crippen MR) is 76.2 cm³/mol. The standard InChI is InChI=1S/C14H19BrFNO2/c1-9(2)12(14(18)19-3)8-17-7-10-6-11(15)4-5-13(10)16/h4-6,9,12,17H,7-8H2,1-3H3. The van der Waals surface area contributed by atoms with Crippen molar-refractivity contribution < 1.29 is 13.9 Å². The molecule has 0 spiro atoms. The second kappa shape index (κ2) is 7.60. The van der Waals surface area contributed by atoms with E-state index in [4.69, 9.17) is 4.74 Å². The van der Waals surface area contributed by atoms with Gasteiger partial charge < -0.3 is 10.1 Å². The van der Waals surface area contributed by atoms with Crippen LogP contribution in [-0.4, -0.2) is 19.6 Å². The van der Waals surface area contributed by atoms with Crippen molar-refractivity contribution in [2.75, 3.05) is 13.7 Å². The van der Waals surface area contributed by atoms with Crippen LogP contribution >= 0.6 is 15.9 Å². The summed E-state index contributed by atoms with van der Waals surface area (Å²) in [7, 11) is 1.38. The van der Waals surface area contributed by atoms with Gasteiger partial charge in [-0.3, -0.25) is 4.79 Å². The summed E-state index contributed by atoms with van der Waals surface area (Å²) in [4.78, 5) is 11.6. The highest BCUT2D eigenvalue weighted by Gasteiger charge is 2.22. The Morgan fingerprint density at radius 3 is 2.74 bits per heavy atom. The van der Waals surface area contributed by atoms with Crippen molar-refractivity contribution in [1.29, 1.82) is 0 Å². The quantitative estimate of drug-likeness (QED) is 0.814. The SMILES string of the molecule is COC(=O)C(CNCc1cc(Br)ccc1F)C(C)C. The fraction of sp³-hybridized carbons (Fsp3) is 0.500. The molecular weight excluding hydrogens is 313 g/mol. The van der Waals surface area contributed by atoms with E-state index in [0.29, 0.717) is 18.7 Å². The van der Waals surface area contributed by atoms with E-state index < -0.39 is 0 Å². The fourth-order valence-corrected chi connectivity index (χ4v) is 2.19. The topological polar surface area (TPSA) is 38.3 Å². The Labute approximate surface area is 121 Å². The zero-order chi connectivity index (χ0) is 14.4. The van der Waals surface area contributed by atoms with Gasteiger partial charge in [0, 0.05) is 23.1 Å². The maximum Gasteiger partial charge on any atom is 0.310 e. The van der Waals surface area contributed by atoms with Crippen molar-refractivity contribution in [2.24, 2.45) is 11.8 Å². The lowest BCUT2D eigenvalue weighted by molar-refractivity contribution is -0.146. The number of hydrogen-bond donors (Lipinski definition) is 1. The Hall–Kier alpha value is -0.940. The van der Waals surface area contributed by atoms with Crippen molar-refractivity contribution in [1.82, 2.24) is 5.32 Å². The molecule has 0 aliphatic carbocycles. The van der Waals surface area contributed by atoms with Gasteiger partial charge in [0.05, 0.1) is 13.0 Å². The molecular formula is C14H19BrFNO2. The van der Waals surface area contributed by atoms with Gasteiger partial charge in [-0.15, -0.1) is 0 Å². The number of carbonyl (C=O) groups excluding carboxylic acids is 1. The lowest BCUT2D eigenvalue weighted by atomic mass is 9.96. The van der Waals surface area contributed by atoms with Crippen molar-refractivity contribution in [3.63, 3.8) is 0 Å². The summed E-state index contributed by atoms with van der Waals surface area (Å²) < 4.78 is 19.1. The monoisotopic (exact) mass is 331 g/mol. The first-order chi connectivity index (χ1) is 8.95. The molecule has 1 rings (SSSR count). The predicted octanol–water partition coefficient (Wildman–Crippen LogP) is 3.12. The summed E-state index contributed by atoms with van der Waals surface area (Å²) in [5.74, 6) is -0.542. The van der Waals surface area contributed by atoms with Crippen molar-refractivity contribution in [2.45, 2.75) is 20.4 Å². The molecule has 0 saturated heterocycles. The van der Waals surface area contributed by atoms with Crippen LogP contribution in [0.2, 0.25) is 0 Å². The molecule has 1 N–H and O–H groups in total. The molecule has 0 amide bonds. The zero-order valence-corrected chi connectivity index (χ0v) is 13.0. The van der Waals surface area contributed by atoms with Gasteiger partial charge in [-0.05, 0) is 24.1 Å². The highest BCUT2D eigenvalue weighted by Crippen LogP contribution is 2.16. The first kappa shape index (κ1) is 16.1. The Kier molecular flexibility index (Phi) is 6.45. The van der Waals surface area contributed by atoms with Gasteiger partial charge in [0.2, 0.25) is 0 Å². The van der Waals surface area contributed by atoms with E-state index in [0.717, 1.165) is 4.47 Å². The summed E-state index contributed by atoms with van der Waals surface area (Å²) in [6.45, 7) is 4.77. The molecule has 3 nitrogen and oxygen atoms in total. The number of halogens is 2. The van der Waals surface area contributed by atoms with Crippen LogP contribution in [0.1, 0.15) is 19.4 Å². The maximum absolute atomic E-state index is 13.5. The van der Waals surface area contributed by atoms with Crippen molar-refractivity contribution >= 4 is 21.9 Å². The number of ether oxygens (including phenoxy) is 1. The van der Waals surface area contributed by atoms with Gasteiger partial charge in [0.15, 0.2) is 0 Å². The second-order valence-electron chi connectivity index (χ2n) is 4.74. The lowest BCUT2D eigenvalue weighted by Gasteiger charge is -2.18. The number of benzene rings is 1. The number of rotatable bonds is 6. The fourth-order valence-electron chi connectivity index (χ4n) is 1.78. The van der Waals surface area contributed by atoms with Gasteiger partial charge in [-0.25, -0.2) is 4.39 Å². The van der Waals surface area contributed by atoms with E-state index in [-0.39, 0.29) is 23.6 Å². The number of hydrogen-bond acceptors (Lipinski definition) is 3. The van der Waals surface area contributed by atoms with E-state index in [9.17, 15) is 9.18 Å². The van der Waals surface area contributed by atoms with Gasteiger partial charge in [0.25, 0.3) is 0 Å². The largest absolute Gasteiger partial charge is 0.469 e. The molecule has 0 radical (unpaired) electrons. The molecule has 0 bridgehead atoms. The van der Waals surface area contributed by atoms with Crippen molar-refractivity contribution in [3.8, 4) is 0 Å². The summed E-state index contributed by atoms with van der Waals surface area (Å²) >= 11 is 3.31. The Bertz CT molecular complexity index is 437. The lowest BCUT2D eigenvalue weighted by Crippen LogP contribution is -2.32. The third-order valence-electron chi connectivity index (χ3n) is 3.00. The molecule has 106 valence electrons. The van der Waals surface area contributed by atoms with Crippen LogP contribution < -0.4 is 5.32 Å². The zero-order valence-electron chi connectivity index (χ0n) is 11.4. The van der Waals surface area contributed by atoms with Crippen LogP contribution in [0.25, 0.3) is 0 Å². The maximum atomic E-state index is 13.5. The molecule has 0 heterocycles. The van der Waals surface area contributed by atoms with Crippen LogP contribution in [0.3, 0.4) is 0 Å². The minimum atomic E-state index is -0.255. The molecule has 5 heteroatoms. The number of carbonyl (C=O) groups is 1. The third-order valence-corrected chi connectivity index (χ3v) is 3.49. The van der Waals surface area contributed by atoms with Crippen LogP contribution in [0.15, 0.2) is 22.7 Å².